The molecule has 68 valence electrons. The van der Waals surface area contributed by atoms with Crippen LogP contribution >= 0.6 is 0 Å². The zero-order valence-corrected chi connectivity index (χ0v) is 7.83. The van der Waals surface area contributed by atoms with Gasteiger partial charge >= 0.3 is 0 Å². The Morgan fingerprint density at radius 2 is 2.31 bits per heavy atom. The monoisotopic (exact) mass is 174 g/mol. The van der Waals surface area contributed by atoms with Gasteiger partial charge in [0.15, 0.2) is 0 Å². The first-order chi connectivity index (χ1) is 6.27. The quantitative estimate of drug-likeness (QED) is 0.763. The van der Waals surface area contributed by atoms with Gasteiger partial charge in [0.2, 0.25) is 0 Å². The second-order valence-electron chi connectivity index (χ2n) is 3.09. The Morgan fingerprint density at radius 1 is 1.54 bits per heavy atom. The van der Waals surface area contributed by atoms with Gasteiger partial charge in [-0.3, -0.25) is 0 Å². The number of nitrogens with two attached hydrogens (primary N) is 1. The summed E-state index contributed by atoms with van der Waals surface area (Å²) in [5.74, 6) is 0. The Hall–Kier alpha value is -1.33. The zero-order chi connectivity index (χ0) is 9.68. The molecule has 0 aromatic heterocycles. The lowest BCUT2D eigenvalue weighted by Crippen LogP contribution is -2.08. The molecule has 0 saturated heterocycles. The van der Waals surface area contributed by atoms with Crippen LogP contribution < -0.4 is 5.73 Å². The van der Waals surface area contributed by atoms with Gasteiger partial charge in [-0.25, -0.2) is 0 Å². The molecule has 2 nitrogen and oxygen atoms in total. The molecule has 0 amide bonds. The van der Waals surface area contributed by atoms with Gasteiger partial charge in [-0.15, -0.1) is 0 Å². The molecule has 2 N–H and O–H groups in total. The lowest BCUT2D eigenvalue weighted by molar-refractivity contribution is 0.698. The number of hydrogen-bond donors (Lipinski definition) is 1. The second kappa shape index (κ2) is 4.64. The number of benzene rings is 1. The topological polar surface area (TPSA) is 49.8 Å². The average Bonchev–Trinajstić information content (AvgIpc) is 2.18. The summed E-state index contributed by atoms with van der Waals surface area (Å²) in [6, 6.07) is 10.2. The van der Waals surface area contributed by atoms with Crippen molar-refractivity contribution in [1.82, 2.24) is 0 Å². The van der Waals surface area contributed by atoms with Crippen LogP contribution in [0.25, 0.3) is 0 Å². The third-order valence-electron chi connectivity index (χ3n) is 2.10. The summed E-state index contributed by atoms with van der Waals surface area (Å²) >= 11 is 0. The molecule has 0 radical (unpaired) electrons. The predicted molar refractivity (Wildman–Crippen MR) is 53.0 cm³/mol. The average molecular weight is 174 g/mol. The highest BCUT2D eigenvalue weighted by atomic mass is 14.6. The second-order valence-corrected chi connectivity index (χ2v) is 3.09. The highest BCUT2D eigenvalue weighted by Gasteiger charge is 2.02. The smallest absolute Gasteiger partial charge is 0.0669 e. The standard InChI is InChI=1S/C11H14N2/c1-2-11(13)10-5-3-4-9(8-10)6-7-12/h3-5,8,11H,2,6,13H2,1H3. The van der Waals surface area contributed by atoms with E-state index in [1.165, 1.54) is 0 Å². The summed E-state index contributed by atoms with van der Waals surface area (Å²) in [6.45, 7) is 2.06. The SMILES string of the molecule is CCC(N)c1cccc(CC#N)c1. The Labute approximate surface area is 79.0 Å². The van der Waals surface area contributed by atoms with E-state index < -0.39 is 0 Å². The van der Waals surface area contributed by atoms with Gasteiger partial charge in [-0.1, -0.05) is 31.2 Å². The van der Waals surface area contributed by atoms with Crippen molar-refractivity contribution in [2.24, 2.45) is 5.73 Å². The van der Waals surface area contributed by atoms with Crippen molar-refractivity contribution in [3.63, 3.8) is 0 Å². The van der Waals surface area contributed by atoms with Gasteiger partial charge in [-0.2, -0.15) is 5.26 Å². The van der Waals surface area contributed by atoms with E-state index in [9.17, 15) is 0 Å². The zero-order valence-electron chi connectivity index (χ0n) is 7.83. The third-order valence-corrected chi connectivity index (χ3v) is 2.10. The summed E-state index contributed by atoms with van der Waals surface area (Å²) < 4.78 is 0. The number of nitriles is 1. The van der Waals surface area contributed by atoms with Crippen LogP contribution in [0.4, 0.5) is 0 Å². The molecule has 0 spiro atoms. The number of rotatable bonds is 3. The van der Waals surface area contributed by atoms with E-state index in [2.05, 4.69) is 13.0 Å². The molecule has 0 saturated carbocycles. The first kappa shape index (κ1) is 9.76. The van der Waals surface area contributed by atoms with Crippen LogP contribution in [0.15, 0.2) is 24.3 Å². The van der Waals surface area contributed by atoms with Gasteiger partial charge in [0.25, 0.3) is 0 Å². The molecule has 0 fully saturated rings. The fraction of sp³-hybridized carbons (Fsp3) is 0.364. The minimum absolute atomic E-state index is 0.0960. The van der Waals surface area contributed by atoms with E-state index in [1.807, 2.05) is 24.3 Å². The maximum absolute atomic E-state index is 8.53. The highest BCUT2D eigenvalue weighted by Crippen LogP contribution is 2.15. The Balaban J connectivity index is 2.86. The van der Waals surface area contributed by atoms with E-state index >= 15 is 0 Å². The van der Waals surface area contributed by atoms with Gasteiger partial charge in [-0.05, 0) is 17.5 Å². The van der Waals surface area contributed by atoms with Crippen LogP contribution in [-0.4, -0.2) is 0 Å². The summed E-state index contributed by atoms with van der Waals surface area (Å²) in [7, 11) is 0. The fourth-order valence-corrected chi connectivity index (χ4v) is 1.26. The third kappa shape index (κ3) is 2.57. The molecule has 13 heavy (non-hydrogen) atoms. The van der Waals surface area contributed by atoms with E-state index in [-0.39, 0.29) is 6.04 Å². The molecule has 0 heterocycles. The molecule has 1 aromatic carbocycles. The first-order valence-corrected chi connectivity index (χ1v) is 4.49. The lowest BCUT2D eigenvalue weighted by Gasteiger charge is -2.09. The Kier molecular flexibility index (Phi) is 3.48. The minimum Gasteiger partial charge on any atom is -0.324 e. The maximum Gasteiger partial charge on any atom is 0.0669 e. The van der Waals surface area contributed by atoms with Gasteiger partial charge in [0.1, 0.15) is 0 Å². The molecule has 1 atom stereocenters. The first-order valence-electron chi connectivity index (χ1n) is 4.49. The van der Waals surface area contributed by atoms with Crippen molar-refractivity contribution >= 4 is 0 Å². The number of hydrogen-bond acceptors (Lipinski definition) is 2. The van der Waals surface area contributed by atoms with Crippen molar-refractivity contribution in [1.29, 1.82) is 5.26 Å². The maximum atomic E-state index is 8.53. The predicted octanol–water partition coefficient (Wildman–Crippen LogP) is 2.16. The minimum atomic E-state index is 0.0960. The lowest BCUT2D eigenvalue weighted by atomic mass is 10.0. The molecule has 0 bridgehead atoms. The van der Waals surface area contributed by atoms with E-state index in [4.69, 9.17) is 11.0 Å². The summed E-state index contributed by atoms with van der Waals surface area (Å²) in [5, 5.41) is 8.53. The van der Waals surface area contributed by atoms with Gasteiger partial charge < -0.3 is 5.73 Å². The molecule has 1 unspecified atom stereocenters. The van der Waals surface area contributed by atoms with Crippen LogP contribution in [0.5, 0.6) is 0 Å². The number of nitrogens with zero attached hydrogens (tertiary/aromatic N) is 1. The van der Waals surface area contributed by atoms with Crippen LogP contribution in [0.1, 0.15) is 30.5 Å². The molecular weight excluding hydrogens is 160 g/mol. The summed E-state index contributed by atoms with van der Waals surface area (Å²) in [5.41, 5.74) is 8.04. The van der Waals surface area contributed by atoms with Crippen molar-refractivity contribution in [3.05, 3.63) is 35.4 Å². The molecule has 1 aromatic rings. The molecule has 0 aliphatic heterocycles. The molecule has 2 heteroatoms. The molecular formula is C11H14N2. The van der Waals surface area contributed by atoms with Crippen molar-refractivity contribution < 1.29 is 0 Å². The molecule has 1 rings (SSSR count). The van der Waals surface area contributed by atoms with Crippen LogP contribution in [0.2, 0.25) is 0 Å². The highest BCUT2D eigenvalue weighted by molar-refractivity contribution is 5.27. The van der Waals surface area contributed by atoms with Gasteiger partial charge in [0, 0.05) is 6.04 Å². The Morgan fingerprint density at radius 3 is 2.92 bits per heavy atom. The fourth-order valence-electron chi connectivity index (χ4n) is 1.26. The van der Waals surface area contributed by atoms with Gasteiger partial charge in [0.05, 0.1) is 12.5 Å². The molecule has 0 aliphatic rings. The van der Waals surface area contributed by atoms with Crippen LogP contribution in [0.3, 0.4) is 0 Å². The molecule has 0 aliphatic carbocycles. The van der Waals surface area contributed by atoms with Crippen molar-refractivity contribution in [3.8, 4) is 6.07 Å². The van der Waals surface area contributed by atoms with Crippen LogP contribution in [-0.2, 0) is 6.42 Å². The summed E-state index contributed by atoms with van der Waals surface area (Å²) in [4.78, 5) is 0. The van der Waals surface area contributed by atoms with E-state index in [0.717, 1.165) is 17.5 Å². The largest absolute Gasteiger partial charge is 0.324 e. The van der Waals surface area contributed by atoms with Crippen molar-refractivity contribution in [2.45, 2.75) is 25.8 Å². The summed E-state index contributed by atoms with van der Waals surface area (Å²) in [6.07, 6.45) is 1.39. The normalized spacial score (nSPS) is 12.1. The Bertz CT molecular complexity index is 312. The van der Waals surface area contributed by atoms with Crippen LogP contribution in [0, 0.1) is 11.3 Å². The van der Waals surface area contributed by atoms with E-state index in [0.29, 0.717) is 6.42 Å². The van der Waals surface area contributed by atoms with Crippen molar-refractivity contribution in [2.75, 3.05) is 0 Å². The van der Waals surface area contributed by atoms with E-state index in [1.54, 1.807) is 0 Å².